The van der Waals surface area contributed by atoms with Gasteiger partial charge in [0.1, 0.15) is 0 Å². The molecule has 0 atom stereocenters. The van der Waals surface area contributed by atoms with Gasteiger partial charge in [0.2, 0.25) is 0 Å². The van der Waals surface area contributed by atoms with Gasteiger partial charge in [0.05, 0.1) is 16.7 Å². The van der Waals surface area contributed by atoms with Crippen LogP contribution in [0.5, 0.6) is 0 Å². The van der Waals surface area contributed by atoms with E-state index < -0.39 is 0 Å². The summed E-state index contributed by atoms with van der Waals surface area (Å²) in [7, 11) is 0. The third-order valence-electron chi connectivity index (χ3n) is 14.3. The molecular formula is C72H52N4. The van der Waals surface area contributed by atoms with Gasteiger partial charge in [-0.1, -0.05) is 200 Å². The van der Waals surface area contributed by atoms with Gasteiger partial charge in [-0.2, -0.15) is 0 Å². The van der Waals surface area contributed by atoms with Crippen molar-refractivity contribution in [2.24, 2.45) is 0 Å². The summed E-state index contributed by atoms with van der Waals surface area (Å²) in [5.74, 6) is 0. The summed E-state index contributed by atoms with van der Waals surface area (Å²) in [6.07, 6.45) is 0. The number of hydrogen-bond acceptors (Lipinski definition) is 3. The molecule has 0 unspecified atom stereocenters. The molecule has 0 radical (unpaired) electrons. The van der Waals surface area contributed by atoms with Crippen LogP contribution in [-0.4, -0.2) is 4.57 Å². The van der Waals surface area contributed by atoms with Crippen molar-refractivity contribution in [1.29, 1.82) is 0 Å². The maximum atomic E-state index is 2.45. The highest BCUT2D eigenvalue weighted by atomic mass is 15.2. The third kappa shape index (κ3) is 8.64. The van der Waals surface area contributed by atoms with Gasteiger partial charge in [0.15, 0.2) is 0 Å². The second-order valence-corrected chi connectivity index (χ2v) is 18.9. The van der Waals surface area contributed by atoms with Crippen molar-refractivity contribution in [2.75, 3.05) is 14.7 Å². The Morgan fingerprint density at radius 2 is 0.605 bits per heavy atom. The topological polar surface area (TPSA) is 14.7 Å². The monoisotopic (exact) mass is 972 g/mol. The SMILES string of the molecule is c1ccc(-c2cccc(-c3ccccc3)c2-c2ccc(N(c3ccccc3)c3cccc(N(c4cccc(N(c5ccccc5)c5ccccc5)c4)c4cccc5c4c4ccccc4n5-c4ccccc4)c3)cc2)cc1. The lowest BCUT2D eigenvalue weighted by Crippen LogP contribution is -2.14. The zero-order valence-corrected chi connectivity index (χ0v) is 41.8. The first kappa shape index (κ1) is 45.7. The first-order chi connectivity index (χ1) is 37.7. The minimum atomic E-state index is 1.02. The van der Waals surface area contributed by atoms with E-state index in [1.165, 1.54) is 38.6 Å². The summed E-state index contributed by atoms with van der Waals surface area (Å²) in [5.41, 5.74) is 20.0. The van der Waals surface area contributed by atoms with Crippen LogP contribution in [0.4, 0.5) is 51.2 Å². The van der Waals surface area contributed by atoms with Crippen LogP contribution in [0.25, 0.3) is 60.9 Å². The molecule has 0 bridgehead atoms. The number of benzene rings is 12. The van der Waals surface area contributed by atoms with Gasteiger partial charge < -0.3 is 19.3 Å². The number of nitrogens with zero attached hydrogens (tertiary/aromatic N) is 4. The number of fused-ring (bicyclic) bond motifs is 3. The number of hydrogen-bond donors (Lipinski definition) is 0. The normalized spacial score (nSPS) is 11.2. The van der Waals surface area contributed by atoms with Crippen molar-refractivity contribution in [2.45, 2.75) is 0 Å². The first-order valence-electron chi connectivity index (χ1n) is 25.9. The van der Waals surface area contributed by atoms with E-state index in [4.69, 9.17) is 0 Å². The predicted octanol–water partition coefficient (Wildman–Crippen LogP) is 20.2. The average Bonchev–Trinajstić information content (AvgIpc) is 3.86. The van der Waals surface area contributed by atoms with Gasteiger partial charge in [0, 0.05) is 62.0 Å². The molecule has 0 saturated heterocycles. The number of para-hydroxylation sites is 5. The van der Waals surface area contributed by atoms with E-state index in [2.05, 4.69) is 335 Å². The lowest BCUT2D eigenvalue weighted by atomic mass is 9.87. The standard InChI is InChI=1S/C72H52N4/c1-7-25-53(26-8-1)65-42-23-43-66(54-27-9-2-10-28-54)71(65)55-47-49-60(50-48-55)74(58-33-15-5-16-34-58)62-38-22-40-64(52-62)75(63-39-21-37-61(51-63)73(56-29-11-3-12-30-56)57-31-13-4-14-32-57)69-45-24-46-70-72(69)67-41-19-20-44-68(67)76(70)59-35-17-6-18-36-59/h1-52H. The number of rotatable bonds is 13. The smallest absolute Gasteiger partial charge is 0.0562 e. The van der Waals surface area contributed by atoms with E-state index in [0.29, 0.717) is 0 Å². The van der Waals surface area contributed by atoms with Crippen LogP contribution >= 0.6 is 0 Å². The Hall–Kier alpha value is -10.2. The fourth-order valence-corrected chi connectivity index (χ4v) is 11.0. The highest BCUT2D eigenvalue weighted by molar-refractivity contribution is 6.16. The molecule has 0 amide bonds. The van der Waals surface area contributed by atoms with E-state index in [1.807, 2.05) is 0 Å². The molecule has 0 saturated carbocycles. The van der Waals surface area contributed by atoms with Crippen LogP contribution in [0.15, 0.2) is 315 Å². The number of aromatic nitrogens is 1. The van der Waals surface area contributed by atoms with Crippen LogP contribution in [0, 0.1) is 0 Å². The maximum Gasteiger partial charge on any atom is 0.0562 e. The number of anilines is 9. The van der Waals surface area contributed by atoms with Crippen LogP contribution in [0.1, 0.15) is 0 Å². The van der Waals surface area contributed by atoms with Crippen molar-refractivity contribution in [1.82, 2.24) is 4.57 Å². The highest BCUT2D eigenvalue weighted by Gasteiger charge is 2.24. The van der Waals surface area contributed by atoms with Crippen molar-refractivity contribution in [3.05, 3.63) is 315 Å². The predicted molar refractivity (Wildman–Crippen MR) is 321 cm³/mol. The Bertz CT molecular complexity index is 3990. The highest BCUT2D eigenvalue weighted by Crippen LogP contribution is 2.48. The molecule has 4 nitrogen and oxygen atoms in total. The van der Waals surface area contributed by atoms with E-state index >= 15 is 0 Å². The second-order valence-electron chi connectivity index (χ2n) is 18.9. The summed E-state index contributed by atoms with van der Waals surface area (Å²) in [4.78, 5) is 7.16. The van der Waals surface area contributed by atoms with Crippen LogP contribution in [0.3, 0.4) is 0 Å². The maximum absolute atomic E-state index is 2.45. The molecule has 1 aromatic heterocycles. The van der Waals surface area contributed by atoms with Gasteiger partial charge in [-0.15, -0.1) is 0 Å². The van der Waals surface area contributed by atoms with E-state index in [1.54, 1.807) is 0 Å². The van der Waals surface area contributed by atoms with Gasteiger partial charge >= 0.3 is 0 Å². The van der Waals surface area contributed by atoms with Gasteiger partial charge in [-0.25, -0.2) is 0 Å². The van der Waals surface area contributed by atoms with E-state index in [0.717, 1.165) is 73.5 Å². The quantitative estimate of drug-likeness (QED) is 0.114. The largest absolute Gasteiger partial charge is 0.310 e. The molecule has 4 heteroatoms. The van der Waals surface area contributed by atoms with Crippen LogP contribution in [0.2, 0.25) is 0 Å². The fourth-order valence-electron chi connectivity index (χ4n) is 11.0. The molecule has 0 aliphatic rings. The first-order valence-corrected chi connectivity index (χ1v) is 25.9. The molecule has 0 N–H and O–H groups in total. The summed E-state index contributed by atoms with van der Waals surface area (Å²) >= 11 is 0. The Morgan fingerprint density at radius 1 is 0.237 bits per heavy atom. The Kier molecular flexibility index (Phi) is 12.3. The zero-order valence-electron chi connectivity index (χ0n) is 41.8. The van der Waals surface area contributed by atoms with Crippen LogP contribution in [-0.2, 0) is 0 Å². The lowest BCUT2D eigenvalue weighted by Gasteiger charge is -2.31. The molecule has 0 spiro atoms. The molecule has 12 aromatic carbocycles. The van der Waals surface area contributed by atoms with Gasteiger partial charge in [0.25, 0.3) is 0 Å². The third-order valence-corrected chi connectivity index (χ3v) is 14.3. The summed E-state index contributed by atoms with van der Waals surface area (Å²) < 4.78 is 2.40. The zero-order chi connectivity index (χ0) is 50.6. The van der Waals surface area contributed by atoms with E-state index in [-0.39, 0.29) is 0 Å². The average molecular weight is 973 g/mol. The second kappa shape index (κ2) is 20.4. The molecule has 76 heavy (non-hydrogen) atoms. The van der Waals surface area contributed by atoms with E-state index in [9.17, 15) is 0 Å². The minimum Gasteiger partial charge on any atom is -0.310 e. The fraction of sp³-hybridized carbons (Fsp3) is 0. The van der Waals surface area contributed by atoms with Crippen molar-refractivity contribution in [3.8, 4) is 39.1 Å². The van der Waals surface area contributed by atoms with Gasteiger partial charge in [-0.05, 0) is 149 Å². The summed E-state index contributed by atoms with van der Waals surface area (Å²) in [6.45, 7) is 0. The Morgan fingerprint density at radius 3 is 1.11 bits per heavy atom. The molecule has 0 fully saturated rings. The van der Waals surface area contributed by atoms with Crippen LogP contribution < -0.4 is 14.7 Å². The molecule has 360 valence electrons. The molecular weight excluding hydrogens is 921 g/mol. The molecule has 13 rings (SSSR count). The summed E-state index contributed by atoms with van der Waals surface area (Å²) in [5, 5.41) is 2.35. The molecule has 1 heterocycles. The minimum absolute atomic E-state index is 1.02. The molecule has 0 aliphatic carbocycles. The molecule has 0 aliphatic heterocycles. The van der Waals surface area contributed by atoms with Crippen molar-refractivity contribution >= 4 is 73.0 Å². The Labute approximate surface area is 444 Å². The Balaban J connectivity index is 0.998. The lowest BCUT2D eigenvalue weighted by molar-refractivity contribution is 1.18. The summed E-state index contributed by atoms with van der Waals surface area (Å²) in [6, 6.07) is 113. The van der Waals surface area contributed by atoms with Gasteiger partial charge in [-0.3, -0.25) is 0 Å². The molecule has 13 aromatic rings. The van der Waals surface area contributed by atoms with Crippen molar-refractivity contribution in [3.63, 3.8) is 0 Å². The van der Waals surface area contributed by atoms with Crippen molar-refractivity contribution < 1.29 is 0 Å².